The molecule has 0 aliphatic carbocycles. The van der Waals surface area contributed by atoms with Crippen LogP contribution in [-0.4, -0.2) is 4.57 Å². The van der Waals surface area contributed by atoms with Crippen LogP contribution in [0.25, 0.3) is 10.9 Å². The fourth-order valence-corrected chi connectivity index (χ4v) is 3.09. The highest BCUT2D eigenvalue weighted by Crippen LogP contribution is 2.33. The standard InChI is InChI=1S/C11H10BrNS/c12-8-4-7-2-1-3-13-6-10(14)9(5-8)11(7)13/h4-6,14H,1-3H2. The molecule has 0 radical (unpaired) electrons. The largest absolute Gasteiger partial charge is 0.346 e. The second-order valence-corrected chi connectivity index (χ2v) is 5.17. The first kappa shape index (κ1) is 8.86. The molecule has 0 saturated heterocycles. The zero-order valence-electron chi connectivity index (χ0n) is 7.63. The minimum Gasteiger partial charge on any atom is -0.346 e. The van der Waals surface area contributed by atoms with E-state index in [1.54, 1.807) is 0 Å². The highest BCUT2D eigenvalue weighted by Gasteiger charge is 2.15. The predicted molar refractivity (Wildman–Crippen MR) is 65.2 cm³/mol. The van der Waals surface area contributed by atoms with Crippen molar-refractivity contribution in [3.05, 3.63) is 28.4 Å². The Kier molecular flexibility index (Phi) is 1.92. The minimum absolute atomic E-state index is 1.09. The summed E-state index contributed by atoms with van der Waals surface area (Å²) in [7, 11) is 0. The van der Waals surface area contributed by atoms with E-state index in [-0.39, 0.29) is 0 Å². The number of thiol groups is 1. The second kappa shape index (κ2) is 3.04. The Morgan fingerprint density at radius 2 is 2.21 bits per heavy atom. The smallest absolute Gasteiger partial charge is 0.0525 e. The van der Waals surface area contributed by atoms with Gasteiger partial charge in [0.1, 0.15) is 0 Å². The van der Waals surface area contributed by atoms with Gasteiger partial charge in [0.2, 0.25) is 0 Å². The van der Waals surface area contributed by atoms with Crippen molar-refractivity contribution in [3.63, 3.8) is 0 Å². The van der Waals surface area contributed by atoms with E-state index in [1.807, 2.05) is 0 Å². The van der Waals surface area contributed by atoms with Crippen LogP contribution in [0.2, 0.25) is 0 Å². The molecule has 0 unspecified atom stereocenters. The Hall–Kier alpha value is -0.410. The van der Waals surface area contributed by atoms with Gasteiger partial charge in [0.05, 0.1) is 5.52 Å². The van der Waals surface area contributed by atoms with Crippen LogP contribution >= 0.6 is 28.6 Å². The fourth-order valence-electron chi connectivity index (χ4n) is 2.28. The summed E-state index contributed by atoms with van der Waals surface area (Å²) < 4.78 is 3.48. The number of aryl methyl sites for hydroxylation is 2. The van der Waals surface area contributed by atoms with Gasteiger partial charge in [-0.25, -0.2) is 0 Å². The third-order valence-corrected chi connectivity index (χ3v) is 3.65. The van der Waals surface area contributed by atoms with Gasteiger partial charge < -0.3 is 4.57 Å². The van der Waals surface area contributed by atoms with Gasteiger partial charge in [0, 0.05) is 27.5 Å². The van der Waals surface area contributed by atoms with Gasteiger partial charge in [0.15, 0.2) is 0 Å². The molecule has 2 heterocycles. The molecule has 0 saturated carbocycles. The maximum absolute atomic E-state index is 4.51. The summed E-state index contributed by atoms with van der Waals surface area (Å²) in [6, 6.07) is 4.38. The summed E-state index contributed by atoms with van der Waals surface area (Å²) in [6.45, 7) is 1.13. The minimum atomic E-state index is 1.09. The van der Waals surface area contributed by atoms with Crippen LogP contribution in [0, 0.1) is 0 Å². The van der Waals surface area contributed by atoms with E-state index < -0.39 is 0 Å². The van der Waals surface area contributed by atoms with Crippen molar-refractivity contribution in [2.24, 2.45) is 0 Å². The number of aromatic nitrogens is 1. The van der Waals surface area contributed by atoms with Crippen molar-refractivity contribution in [2.45, 2.75) is 24.3 Å². The maximum Gasteiger partial charge on any atom is 0.0525 e. The third kappa shape index (κ3) is 1.15. The lowest BCUT2D eigenvalue weighted by atomic mass is 10.0. The highest BCUT2D eigenvalue weighted by atomic mass is 79.9. The molecule has 0 N–H and O–H groups in total. The molecule has 0 spiro atoms. The van der Waals surface area contributed by atoms with Gasteiger partial charge in [-0.3, -0.25) is 0 Å². The lowest BCUT2D eigenvalue weighted by Gasteiger charge is -2.15. The number of hydrogen-bond acceptors (Lipinski definition) is 1. The molecule has 1 aliphatic heterocycles. The molecule has 0 atom stereocenters. The second-order valence-electron chi connectivity index (χ2n) is 3.77. The van der Waals surface area contributed by atoms with E-state index in [1.165, 1.54) is 29.3 Å². The molecule has 1 aromatic heterocycles. The van der Waals surface area contributed by atoms with E-state index in [0.29, 0.717) is 0 Å². The molecular weight excluding hydrogens is 258 g/mol. The Labute approximate surface area is 96.6 Å². The van der Waals surface area contributed by atoms with Crippen molar-refractivity contribution >= 4 is 39.5 Å². The average Bonchev–Trinajstić information content (AvgIpc) is 2.45. The number of nitrogens with zero attached hydrogens (tertiary/aromatic N) is 1. The summed E-state index contributed by atoms with van der Waals surface area (Å²) in [5.74, 6) is 0. The number of hydrogen-bond donors (Lipinski definition) is 1. The number of benzene rings is 1. The Morgan fingerprint density at radius 1 is 1.36 bits per heavy atom. The summed E-state index contributed by atoms with van der Waals surface area (Å²) in [6.07, 6.45) is 4.57. The van der Waals surface area contributed by atoms with Crippen LogP contribution in [0.5, 0.6) is 0 Å². The average molecular weight is 268 g/mol. The molecule has 2 aromatic rings. The van der Waals surface area contributed by atoms with Gasteiger partial charge in [-0.1, -0.05) is 15.9 Å². The van der Waals surface area contributed by atoms with E-state index in [0.717, 1.165) is 15.9 Å². The zero-order valence-corrected chi connectivity index (χ0v) is 10.1. The SMILES string of the molecule is Sc1cn2c3c(cc(Br)cc13)CCC2. The molecule has 0 amide bonds. The number of halogens is 1. The van der Waals surface area contributed by atoms with Gasteiger partial charge in [-0.2, -0.15) is 0 Å². The first-order valence-corrected chi connectivity index (χ1v) is 6.00. The van der Waals surface area contributed by atoms with Crippen LogP contribution in [0.3, 0.4) is 0 Å². The lowest BCUT2D eigenvalue weighted by Crippen LogP contribution is -2.06. The first-order valence-electron chi connectivity index (χ1n) is 4.76. The highest BCUT2D eigenvalue weighted by molar-refractivity contribution is 9.10. The van der Waals surface area contributed by atoms with Crippen molar-refractivity contribution in [3.8, 4) is 0 Å². The van der Waals surface area contributed by atoms with Crippen molar-refractivity contribution in [1.82, 2.24) is 4.57 Å². The van der Waals surface area contributed by atoms with Crippen molar-refractivity contribution in [2.75, 3.05) is 0 Å². The van der Waals surface area contributed by atoms with Gasteiger partial charge in [-0.05, 0) is 30.5 Å². The van der Waals surface area contributed by atoms with E-state index in [9.17, 15) is 0 Å². The molecule has 0 bridgehead atoms. The van der Waals surface area contributed by atoms with Crippen LogP contribution in [0.4, 0.5) is 0 Å². The van der Waals surface area contributed by atoms with Crippen molar-refractivity contribution < 1.29 is 0 Å². The lowest BCUT2D eigenvalue weighted by molar-refractivity contribution is 0.633. The Morgan fingerprint density at radius 3 is 3.07 bits per heavy atom. The molecule has 14 heavy (non-hydrogen) atoms. The summed E-state index contributed by atoms with van der Waals surface area (Å²) in [5.41, 5.74) is 2.82. The van der Waals surface area contributed by atoms with Crippen LogP contribution in [-0.2, 0) is 13.0 Å². The molecule has 1 aliphatic rings. The van der Waals surface area contributed by atoms with Gasteiger partial charge in [0.25, 0.3) is 0 Å². The van der Waals surface area contributed by atoms with Gasteiger partial charge in [-0.15, -0.1) is 12.6 Å². The summed E-state index contributed by atoms with van der Waals surface area (Å²) in [4.78, 5) is 1.09. The van der Waals surface area contributed by atoms with E-state index >= 15 is 0 Å². The van der Waals surface area contributed by atoms with Crippen LogP contribution in [0.1, 0.15) is 12.0 Å². The predicted octanol–water partition coefficient (Wildman–Crippen LogP) is 3.64. The monoisotopic (exact) mass is 267 g/mol. The van der Waals surface area contributed by atoms with Crippen LogP contribution < -0.4 is 0 Å². The van der Waals surface area contributed by atoms with E-state index in [2.05, 4.69) is 51.5 Å². The normalized spacial score (nSPS) is 15.0. The molecule has 1 aromatic carbocycles. The first-order chi connectivity index (χ1) is 6.75. The molecular formula is C11H10BrNS. The zero-order chi connectivity index (χ0) is 9.71. The van der Waals surface area contributed by atoms with Crippen molar-refractivity contribution in [1.29, 1.82) is 0 Å². The topological polar surface area (TPSA) is 4.93 Å². The summed E-state index contributed by atoms with van der Waals surface area (Å²) >= 11 is 8.05. The molecule has 0 fully saturated rings. The summed E-state index contributed by atoms with van der Waals surface area (Å²) in [5, 5.41) is 1.28. The maximum atomic E-state index is 4.51. The molecule has 3 heteroatoms. The Balaban J connectivity index is 2.49. The fraction of sp³-hybridized carbons (Fsp3) is 0.273. The third-order valence-electron chi connectivity index (χ3n) is 2.84. The quantitative estimate of drug-likeness (QED) is 0.696. The molecule has 1 nitrogen and oxygen atoms in total. The van der Waals surface area contributed by atoms with Crippen LogP contribution in [0.15, 0.2) is 27.7 Å². The molecule has 72 valence electrons. The van der Waals surface area contributed by atoms with E-state index in [4.69, 9.17) is 0 Å². The molecule has 3 rings (SSSR count). The van der Waals surface area contributed by atoms with Gasteiger partial charge >= 0.3 is 0 Å². The number of rotatable bonds is 0. The Bertz CT molecular complexity index is 515.